The molecule has 0 amide bonds. The Hall–Kier alpha value is -7.25. The van der Waals surface area contributed by atoms with Crippen molar-refractivity contribution in [3.05, 3.63) is 262 Å². The molecule has 0 aliphatic carbocycles. The van der Waals surface area contributed by atoms with E-state index in [0.717, 1.165) is 33.4 Å². The van der Waals surface area contributed by atoms with Gasteiger partial charge in [-0.2, -0.15) is 0 Å². The molecule has 2 aliphatic rings. The number of nitrogens with one attached hydrogen (secondary N) is 2. The van der Waals surface area contributed by atoms with Crippen molar-refractivity contribution in [1.82, 2.24) is 19.1 Å². The Labute approximate surface area is 474 Å². The van der Waals surface area contributed by atoms with Crippen LogP contribution in [0.5, 0.6) is 17.2 Å². The summed E-state index contributed by atoms with van der Waals surface area (Å²) in [5, 5.41) is 0. The topological polar surface area (TPSA) is 213 Å². The number of rotatable bonds is 21. The zero-order valence-corrected chi connectivity index (χ0v) is 47.6. The summed E-state index contributed by atoms with van der Waals surface area (Å²) in [5.41, 5.74) is 0.106. The molecule has 1 unspecified atom stereocenters. The first-order chi connectivity index (χ1) is 39.1. The van der Waals surface area contributed by atoms with E-state index in [1.807, 2.05) is 164 Å². The van der Waals surface area contributed by atoms with Gasteiger partial charge in [0.15, 0.2) is 0 Å². The van der Waals surface area contributed by atoms with Gasteiger partial charge in [-0.1, -0.05) is 0 Å². The van der Waals surface area contributed by atoms with Crippen LogP contribution >= 0.6 is 6.19 Å². The Morgan fingerprint density at radius 1 is 0.531 bits per heavy atom. The zero-order chi connectivity index (χ0) is 56.9. The zero-order valence-electron chi connectivity index (χ0n) is 45.0. The molecular weight excluding hydrogens is 1120 g/mol. The minimum absolute atomic E-state index is 0.00305. The van der Waals surface area contributed by atoms with Crippen molar-refractivity contribution < 1.29 is 47.1 Å². The van der Waals surface area contributed by atoms with Crippen LogP contribution in [0.15, 0.2) is 195 Å². The number of methoxy groups -OCH3 is 3. The monoisotopic (exact) mass is 1180 g/mol. The molecule has 3 N–H and O–H groups in total. The predicted molar refractivity (Wildman–Crippen MR) is 304 cm³/mol. The standard InChI is InChI=1S/C61H61N4O14PSe/c1-39-35-64(58(68)62-56(39)66)54-33-50(78-61(42-17-11-7-12-18-42,43-19-13-8-14-20-43)46-25-31-49(73-5)32-26-46)53(77-54)38-75-80(70,81)79-51-34-55(65-36-40(2)57(67)63-59(65)69)76-52(51)37-74-60(41-15-9-6-10-16-41,44-21-27-47(71-3)28-22-44)45-23-29-48(72-4)30-24-45/h6-32,35-36,50-55H,33-34,37-38H2,1-5H3,(H,70,81)(H,62,66,68)(H,63,67,69)/t50-,51-,52+,53+,54+,55+,80?/m0/s1. The van der Waals surface area contributed by atoms with Crippen molar-refractivity contribution in [2.75, 3.05) is 34.5 Å². The van der Waals surface area contributed by atoms with Crippen LogP contribution in [0.1, 0.15) is 69.8 Å². The first-order valence-corrected chi connectivity index (χ1v) is 30.0. The molecule has 81 heavy (non-hydrogen) atoms. The van der Waals surface area contributed by atoms with Crippen LogP contribution in [0.25, 0.3) is 0 Å². The average Bonchev–Trinajstić information content (AvgIpc) is 4.19. The SMILES string of the molecule is COc1ccc(C(OC[C@H]2O[C@@H](n3cc(C)c(=O)[nH]c3=O)C[C@@H]2OP(O)(=[Se])OC[C@H]2O[C@@H](n3cc(C)c(=O)[nH]c3=O)C[C@@H]2OC(c2ccccc2)(c2ccccc2)c2ccc(OC)cc2)(c2ccccc2)c2ccc(OC)cc2)cc1. The summed E-state index contributed by atoms with van der Waals surface area (Å²) in [6, 6.07) is 51.8. The van der Waals surface area contributed by atoms with E-state index in [0.29, 0.717) is 17.2 Å². The Kier molecular flexibility index (Phi) is 17.2. The van der Waals surface area contributed by atoms with Crippen LogP contribution in [0, 0.1) is 13.8 Å². The Morgan fingerprint density at radius 2 is 0.889 bits per heavy atom. The van der Waals surface area contributed by atoms with Crippen LogP contribution < -0.4 is 36.7 Å². The van der Waals surface area contributed by atoms with Crippen LogP contribution in [-0.2, 0) is 39.2 Å². The van der Waals surface area contributed by atoms with Crippen molar-refractivity contribution in [3.63, 3.8) is 0 Å². The Bertz CT molecular complexity index is 3640. The molecule has 10 rings (SSSR count). The molecule has 2 saturated heterocycles. The summed E-state index contributed by atoms with van der Waals surface area (Å²) < 4.78 is 60.7. The third kappa shape index (κ3) is 11.9. The van der Waals surface area contributed by atoms with E-state index in [4.69, 9.17) is 42.2 Å². The van der Waals surface area contributed by atoms with Gasteiger partial charge in [0.05, 0.1) is 21.3 Å². The maximum atomic E-state index is 13.6. The van der Waals surface area contributed by atoms with Crippen molar-refractivity contribution in [2.24, 2.45) is 0 Å². The van der Waals surface area contributed by atoms with E-state index < -0.39 is 76.8 Å². The number of aromatic nitrogens is 4. The van der Waals surface area contributed by atoms with Gasteiger partial charge in [-0.25, -0.2) is 0 Å². The van der Waals surface area contributed by atoms with Gasteiger partial charge < -0.3 is 0 Å². The molecule has 0 bridgehead atoms. The fourth-order valence-electron chi connectivity index (χ4n) is 10.6. The first kappa shape index (κ1) is 57.0. The predicted octanol–water partition coefficient (Wildman–Crippen LogP) is 7.93. The maximum absolute atomic E-state index is 13.6. The number of nitrogens with zero attached hydrogens (tertiary/aromatic N) is 2. The van der Waals surface area contributed by atoms with E-state index in [9.17, 15) is 24.1 Å². The first-order valence-electron chi connectivity index (χ1n) is 26.2. The molecule has 20 heteroatoms. The minimum atomic E-state index is -4.06. The molecule has 0 saturated carbocycles. The second-order valence-electron chi connectivity index (χ2n) is 19.7. The van der Waals surface area contributed by atoms with Crippen LogP contribution in [-0.4, -0.2) is 98.1 Å². The molecule has 18 nitrogen and oxygen atoms in total. The molecule has 2 aliphatic heterocycles. The van der Waals surface area contributed by atoms with Crippen LogP contribution in [0.3, 0.4) is 0 Å². The number of ether oxygens (including phenoxy) is 7. The van der Waals surface area contributed by atoms with E-state index in [2.05, 4.69) is 25.1 Å². The van der Waals surface area contributed by atoms with E-state index >= 15 is 0 Å². The number of benzene rings is 6. The third-order valence-electron chi connectivity index (χ3n) is 14.8. The van der Waals surface area contributed by atoms with Crippen LogP contribution in [0.2, 0.25) is 0 Å². The number of aryl methyl sites for hydroxylation is 2. The fourth-order valence-corrected chi connectivity index (χ4v) is 12.7. The Balaban J connectivity index is 1.01. The molecule has 0 radical (unpaired) electrons. The molecule has 2 fully saturated rings. The van der Waals surface area contributed by atoms with Crippen molar-refractivity contribution in [3.8, 4) is 17.2 Å². The second-order valence-corrected chi connectivity index (χ2v) is 24.0. The second kappa shape index (κ2) is 24.5. The number of hydrogen-bond acceptors (Lipinski definition) is 14. The van der Waals surface area contributed by atoms with Gasteiger partial charge in [-0.3, -0.25) is 0 Å². The molecule has 2 aromatic heterocycles. The Morgan fingerprint density at radius 3 is 1.30 bits per heavy atom. The average molecular weight is 1180 g/mol. The summed E-state index contributed by atoms with van der Waals surface area (Å²) in [5.74, 6) is 1.91. The number of H-pyrrole nitrogens is 2. The van der Waals surface area contributed by atoms with Crippen molar-refractivity contribution >= 4 is 21.3 Å². The van der Waals surface area contributed by atoms with Gasteiger partial charge >= 0.3 is 455 Å². The van der Waals surface area contributed by atoms with Gasteiger partial charge in [0.2, 0.25) is 0 Å². The molecule has 7 atom stereocenters. The summed E-state index contributed by atoms with van der Waals surface area (Å²) >= 11 is 2.78. The summed E-state index contributed by atoms with van der Waals surface area (Å²) in [6.45, 7) is 2.67. The van der Waals surface area contributed by atoms with Gasteiger partial charge in [0.25, 0.3) is 0 Å². The fraction of sp³-hybridized carbons (Fsp3) is 0.279. The normalized spacial score (nSPS) is 19.9. The molecular formula is C61H61N4O14PSe. The molecule has 8 aromatic rings. The molecule has 4 heterocycles. The van der Waals surface area contributed by atoms with Crippen LogP contribution in [0.4, 0.5) is 0 Å². The van der Waals surface area contributed by atoms with E-state index in [1.54, 1.807) is 35.2 Å². The molecule has 420 valence electrons. The van der Waals surface area contributed by atoms with Gasteiger partial charge in [0, 0.05) is 0 Å². The van der Waals surface area contributed by atoms with Crippen molar-refractivity contribution in [1.29, 1.82) is 0 Å². The third-order valence-corrected chi connectivity index (χ3v) is 17.0. The van der Waals surface area contributed by atoms with E-state index in [-0.39, 0.29) is 37.2 Å². The molecule has 0 spiro atoms. The van der Waals surface area contributed by atoms with Gasteiger partial charge in [0.1, 0.15) is 0 Å². The molecule has 6 aromatic carbocycles. The van der Waals surface area contributed by atoms with Crippen molar-refractivity contribution in [2.45, 2.75) is 74.8 Å². The van der Waals surface area contributed by atoms with E-state index in [1.165, 1.54) is 21.5 Å². The van der Waals surface area contributed by atoms with Gasteiger partial charge in [-0.15, -0.1) is 0 Å². The summed E-state index contributed by atoms with van der Waals surface area (Å²) in [7, 11) is 4.78. The quantitative estimate of drug-likeness (QED) is 0.0354. The number of hydrogen-bond donors (Lipinski definition) is 3. The summed E-state index contributed by atoms with van der Waals surface area (Å²) in [6.07, 6.45) is -6.93. The number of aromatic amines is 2. The summed E-state index contributed by atoms with van der Waals surface area (Å²) in [4.78, 5) is 69.5. The van der Waals surface area contributed by atoms with Gasteiger partial charge in [-0.05, 0) is 0 Å².